The first-order chi connectivity index (χ1) is 13.5. The first-order valence-corrected chi connectivity index (χ1v) is 8.72. The molecule has 0 saturated carbocycles. The first kappa shape index (κ1) is 19.1. The van der Waals surface area contributed by atoms with E-state index in [1.807, 2.05) is 18.2 Å². The van der Waals surface area contributed by atoms with Crippen LogP contribution in [0.4, 0.5) is 16.2 Å². The minimum Gasteiger partial charge on any atom is -0.481 e. The normalized spacial score (nSPS) is 14.0. The van der Waals surface area contributed by atoms with Crippen LogP contribution in [0.5, 0.6) is 0 Å². The molecule has 0 atom stereocenters. The Morgan fingerprint density at radius 3 is 2.43 bits per heavy atom. The van der Waals surface area contributed by atoms with Crippen LogP contribution in [-0.4, -0.2) is 28.8 Å². The van der Waals surface area contributed by atoms with Crippen molar-refractivity contribution in [3.05, 3.63) is 59.7 Å². The number of primary amides is 1. The minimum atomic E-state index is -0.972. The molecule has 0 fully saturated rings. The summed E-state index contributed by atoms with van der Waals surface area (Å²) in [6.07, 6.45) is 0.345. The number of oxime groups is 1. The van der Waals surface area contributed by atoms with E-state index in [0.29, 0.717) is 29.1 Å². The number of rotatable bonds is 5. The number of benzene rings is 2. The van der Waals surface area contributed by atoms with E-state index in [0.717, 1.165) is 5.56 Å². The highest BCUT2D eigenvalue weighted by atomic mass is 16.7. The van der Waals surface area contributed by atoms with E-state index in [9.17, 15) is 14.4 Å². The lowest BCUT2D eigenvalue weighted by Gasteiger charge is -2.22. The second kappa shape index (κ2) is 8.34. The van der Waals surface area contributed by atoms with Gasteiger partial charge in [-0.2, -0.15) is 0 Å². The number of hydrogen-bond donors (Lipinski definition) is 2. The average molecular weight is 381 g/mol. The van der Waals surface area contributed by atoms with Crippen molar-refractivity contribution in [2.45, 2.75) is 25.7 Å². The molecule has 0 radical (unpaired) electrons. The van der Waals surface area contributed by atoms with Crippen molar-refractivity contribution < 1.29 is 24.3 Å². The van der Waals surface area contributed by atoms with E-state index in [1.165, 1.54) is 4.90 Å². The van der Waals surface area contributed by atoms with Crippen molar-refractivity contribution in [1.82, 2.24) is 0 Å². The van der Waals surface area contributed by atoms with Crippen LogP contribution in [0.25, 0.3) is 0 Å². The maximum atomic E-state index is 12.2. The van der Waals surface area contributed by atoms with Gasteiger partial charge in [-0.25, -0.2) is 9.59 Å². The van der Waals surface area contributed by atoms with Crippen molar-refractivity contribution in [2.75, 3.05) is 4.90 Å². The molecule has 2 amide bonds. The molecule has 1 aliphatic heterocycles. The molecule has 2 aromatic rings. The SMILES string of the molecule is NC(=O)N1c2ccccc2C/C(=N\OC(=O)CCCC(=O)O)c2ccccc21. The van der Waals surface area contributed by atoms with Crippen LogP contribution in [-0.2, 0) is 20.8 Å². The number of aliphatic carboxylic acids is 1. The molecule has 3 N–H and O–H groups in total. The molecule has 0 unspecified atom stereocenters. The van der Waals surface area contributed by atoms with Gasteiger partial charge in [-0.15, -0.1) is 0 Å². The zero-order valence-corrected chi connectivity index (χ0v) is 15.0. The molecule has 0 aromatic heterocycles. The molecule has 1 heterocycles. The van der Waals surface area contributed by atoms with Crippen LogP contribution in [0, 0.1) is 0 Å². The molecule has 0 bridgehead atoms. The molecule has 3 rings (SSSR count). The van der Waals surface area contributed by atoms with Gasteiger partial charge in [0.25, 0.3) is 0 Å². The van der Waals surface area contributed by atoms with Crippen LogP contribution in [0.1, 0.15) is 30.4 Å². The number of para-hydroxylation sites is 2. The third kappa shape index (κ3) is 4.17. The summed E-state index contributed by atoms with van der Waals surface area (Å²) in [6, 6.07) is 13.7. The van der Waals surface area contributed by atoms with E-state index >= 15 is 0 Å². The van der Waals surface area contributed by atoms with E-state index in [1.54, 1.807) is 30.3 Å². The number of anilines is 2. The number of amides is 2. The number of carbonyl (C=O) groups is 3. The Balaban J connectivity index is 1.94. The number of carboxylic acid groups (broad SMARTS) is 1. The van der Waals surface area contributed by atoms with Gasteiger partial charge >= 0.3 is 18.0 Å². The fraction of sp³-hybridized carbons (Fsp3) is 0.200. The van der Waals surface area contributed by atoms with Gasteiger partial charge in [0.2, 0.25) is 0 Å². The topological polar surface area (TPSA) is 122 Å². The second-order valence-corrected chi connectivity index (χ2v) is 6.24. The monoisotopic (exact) mass is 381 g/mol. The van der Waals surface area contributed by atoms with Crippen molar-refractivity contribution >= 4 is 35.1 Å². The molecular formula is C20H19N3O5. The van der Waals surface area contributed by atoms with Gasteiger partial charge in [0.1, 0.15) is 0 Å². The maximum absolute atomic E-state index is 12.2. The Morgan fingerprint density at radius 1 is 1.04 bits per heavy atom. The average Bonchev–Trinajstić information content (AvgIpc) is 2.80. The molecule has 0 aliphatic carbocycles. The molecule has 144 valence electrons. The Morgan fingerprint density at radius 2 is 1.71 bits per heavy atom. The quantitative estimate of drug-likeness (QED) is 0.609. The third-order valence-corrected chi connectivity index (χ3v) is 4.30. The lowest BCUT2D eigenvalue weighted by molar-refractivity contribution is -0.144. The summed E-state index contributed by atoms with van der Waals surface area (Å²) in [4.78, 5) is 41.0. The van der Waals surface area contributed by atoms with Crippen molar-refractivity contribution in [1.29, 1.82) is 0 Å². The molecular weight excluding hydrogens is 362 g/mol. The highest BCUT2D eigenvalue weighted by Gasteiger charge is 2.27. The van der Waals surface area contributed by atoms with Crippen molar-refractivity contribution in [3.63, 3.8) is 0 Å². The van der Waals surface area contributed by atoms with Gasteiger partial charge in [0.15, 0.2) is 0 Å². The number of carbonyl (C=O) groups excluding carboxylic acids is 2. The first-order valence-electron chi connectivity index (χ1n) is 8.72. The summed E-state index contributed by atoms with van der Waals surface area (Å²) in [5.74, 6) is -1.59. The predicted molar refractivity (Wildman–Crippen MR) is 102 cm³/mol. The van der Waals surface area contributed by atoms with Gasteiger partial charge in [0, 0.05) is 24.8 Å². The van der Waals surface area contributed by atoms with Gasteiger partial charge in [-0.1, -0.05) is 41.6 Å². The summed E-state index contributed by atoms with van der Waals surface area (Å²) in [6.45, 7) is 0. The fourth-order valence-electron chi connectivity index (χ4n) is 3.05. The largest absolute Gasteiger partial charge is 0.481 e. The highest BCUT2D eigenvalue weighted by Crippen LogP contribution is 2.36. The van der Waals surface area contributed by atoms with Gasteiger partial charge in [-0.05, 0) is 24.1 Å². The number of urea groups is 1. The van der Waals surface area contributed by atoms with Gasteiger partial charge < -0.3 is 15.7 Å². The molecule has 0 saturated heterocycles. The summed E-state index contributed by atoms with van der Waals surface area (Å²) in [5, 5.41) is 12.7. The number of hydrogen-bond acceptors (Lipinski definition) is 5. The molecule has 0 spiro atoms. The van der Waals surface area contributed by atoms with Gasteiger partial charge in [-0.3, -0.25) is 9.69 Å². The van der Waals surface area contributed by atoms with E-state index in [2.05, 4.69) is 5.16 Å². The molecule has 8 nitrogen and oxygen atoms in total. The summed E-state index contributed by atoms with van der Waals surface area (Å²) in [5.41, 5.74) is 8.70. The van der Waals surface area contributed by atoms with Gasteiger partial charge in [0.05, 0.1) is 17.1 Å². The van der Waals surface area contributed by atoms with E-state index in [4.69, 9.17) is 15.7 Å². The molecule has 1 aliphatic rings. The third-order valence-electron chi connectivity index (χ3n) is 4.30. The standard InChI is InChI=1S/C20H19N3O5/c21-20(27)23-16-8-3-1-6-13(16)12-15(14-7-2-4-9-17(14)23)22-28-19(26)11-5-10-18(24)25/h1-4,6-9H,5,10-12H2,(H2,21,27)(H,24,25)/b22-15+. The Kier molecular flexibility index (Phi) is 5.69. The van der Waals surface area contributed by atoms with E-state index in [-0.39, 0.29) is 19.3 Å². The lowest BCUT2D eigenvalue weighted by Crippen LogP contribution is -2.32. The van der Waals surface area contributed by atoms with Crippen LogP contribution < -0.4 is 10.6 Å². The smallest absolute Gasteiger partial charge is 0.335 e. The number of nitrogens with two attached hydrogens (primary N) is 1. The zero-order chi connectivity index (χ0) is 20.1. The van der Waals surface area contributed by atoms with Crippen LogP contribution >= 0.6 is 0 Å². The Hall–Kier alpha value is -3.68. The Bertz CT molecular complexity index is 954. The fourth-order valence-corrected chi connectivity index (χ4v) is 3.05. The summed E-state index contributed by atoms with van der Waals surface area (Å²) < 4.78 is 0. The summed E-state index contributed by atoms with van der Waals surface area (Å²) >= 11 is 0. The van der Waals surface area contributed by atoms with Crippen LogP contribution in [0.15, 0.2) is 53.7 Å². The zero-order valence-electron chi connectivity index (χ0n) is 15.0. The van der Waals surface area contributed by atoms with E-state index < -0.39 is 18.0 Å². The molecule has 2 aromatic carbocycles. The van der Waals surface area contributed by atoms with Crippen molar-refractivity contribution in [2.24, 2.45) is 10.9 Å². The number of nitrogens with zero attached hydrogens (tertiary/aromatic N) is 2. The lowest BCUT2D eigenvalue weighted by atomic mass is 10.0. The summed E-state index contributed by atoms with van der Waals surface area (Å²) in [7, 11) is 0. The Labute approximate surface area is 161 Å². The number of fused-ring (bicyclic) bond motifs is 2. The highest BCUT2D eigenvalue weighted by molar-refractivity contribution is 6.13. The molecule has 28 heavy (non-hydrogen) atoms. The van der Waals surface area contributed by atoms with Crippen molar-refractivity contribution in [3.8, 4) is 0 Å². The van der Waals surface area contributed by atoms with Crippen LogP contribution in [0.3, 0.4) is 0 Å². The second-order valence-electron chi connectivity index (χ2n) is 6.24. The van der Waals surface area contributed by atoms with Crippen LogP contribution in [0.2, 0.25) is 0 Å². The number of carboxylic acids is 1. The predicted octanol–water partition coefficient (Wildman–Crippen LogP) is 2.96. The molecule has 8 heteroatoms. The maximum Gasteiger partial charge on any atom is 0.335 e. The minimum absolute atomic E-state index is 0.0469.